The molecule has 1 spiro atoms. The molecule has 6 rings (SSSR count). The average Bonchev–Trinajstić information content (AvgIpc) is 3.58. The van der Waals surface area contributed by atoms with E-state index in [0.717, 1.165) is 11.1 Å². The molecule has 2 bridgehead atoms. The van der Waals surface area contributed by atoms with Crippen molar-refractivity contribution in [1.82, 2.24) is 5.32 Å². The van der Waals surface area contributed by atoms with E-state index < -0.39 is 70.3 Å². The van der Waals surface area contributed by atoms with Gasteiger partial charge in [0.25, 0.3) is 0 Å². The predicted molar refractivity (Wildman–Crippen MR) is 152 cm³/mol. The van der Waals surface area contributed by atoms with E-state index in [0.29, 0.717) is 18.4 Å². The maximum atomic E-state index is 15.4. The van der Waals surface area contributed by atoms with Gasteiger partial charge in [0.2, 0.25) is 11.7 Å². The molecule has 3 heterocycles. The monoisotopic (exact) mass is 579 g/mol. The number of aliphatic hydroxyl groups is 1. The first kappa shape index (κ1) is 28.9. The maximum absolute atomic E-state index is 15.4. The Balaban J connectivity index is 1.62. The summed E-state index contributed by atoms with van der Waals surface area (Å²) in [6.07, 6.45) is 1.67. The highest BCUT2D eigenvalue weighted by Crippen LogP contribution is 2.67. The molecular weight excluding hydrogens is 538 g/mol. The number of benzene rings is 1. The Bertz CT molecular complexity index is 1460. The van der Waals surface area contributed by atoms with E-state index in [1.807, 2.05) is 26.0 Å². The highest BCUT2D eigenvalue weighted by atomic mass is 16.5. The summed E-state index contributed by atoms with van der Waals surface area (Å²) in [6, 6.07) is -0.250. The summed E-state index contributed by atoms with van der Waals surface area (Å²) < 4.78 is 6.30. The molecule has 5 N–H and O–H groups in total. The molecule has 10 atom stereocenters. The molecule has 0 aromatic heterocycles. The number of phenols is 3. The van der Waals surface area contributed by atoms with E-state index in [2.05, 4.69) is 26.1 Å². The molecule has 1 aromatic carbocycles. The molecule has 2 fully saturated rings. The smallest absolute Gasteiger partial charge is 0.235 e. The van der Waals surface area contributed by atoms with Crippen LogP contribution in [0.5, 0.6) is 17.2 Å². The van der Waals surface area contributed by atoms with Crippen LogP contribution in [-0.2, 0) is 19.1 Å². The number of hydrogen-bond acceptors (Lipinski definition) is 8. The van der Waals surface area contributed by atoms with Crippen molar-refractivity contribution in [1.29, 1.82) is 0 Å². The van der Waals surface area contributed by atoms with E-state index in [1.54, 1.807) is 6.92 Å². The number of phenolic OH excluding ortho intramolecular Hbond substituents is 3. The second-order valence-electron chi connectivity index (χ2n) is 13.7. The van der Waals surface area contributed by atoms with Crippen LogP contribution >= 0.6 is 0 Å². The lowest BCUT2D eigenvalue weighted by atomic mass is 9.51. The molecule has 1 aromatic rings. The zero-order valence-corrected chi connectivity index (χ0v) is 25.0. The van der Waals surface area contributed by atoms with Crippen molar-refractivity contribution in [2.75, 3.05) is 0 Å². The van der Waals surface area contributed by atoms with Gasteiger partial charge in [0.1, 0.15) is 11.5 Å². The molecule has 5 aliphatic rings. The minimum atomic E-state index is -1.51. The molecule has 42 heavy (non-hydrogen) atoms. The number of aromatic hydroxyl groups is 3. The van der Waals surface area contributed by atoms with Crippen LogP contribution in [0.2, 0.25) is 0 Å². The van der Waals surface area contributed by atoms with Crippen LogP contribution in [0.15, 0.2) is 23.3 Å². The van der Waals surface area contributed by atoms with Gasteiger partial charge in [-0.3, -0.25) is 14.4 Å². The number of Topliss-reactive ketones (excluding diaryl/α,β-unsaturated/α-hetero) is 2. The van der Waals surface area contributed by atoms with Gasteiger partial charge in [-0.25, -0.2) is 0 Å². The number of rotatable bonds is 2. The number of hydrogen-bond donors (Lipinski definition) is 5. The van der Waals surface area contributed by atoms with Crippen molar-refractivity contribution in [3.8, 4) is 17.2 Å². The van der Waals surface area contributed by atoms with Crippen molar-refractivity contribution in [3.63, 3.8) is 0 Å². The van der Waals surface area contributed by atoms with Gasteiger partial charge in [0, 0.05) is 29.0 Å². The van der Waals surface area contributed by atoms with Gasteiger partial charge in [0.15, 0.2) is 23.1 Å². The molecule has 3 aliphatic heterocycles. The minimum absolute atomic E-state index is 0.0926. The number of carbonyl (C=O) groups is 3. The summed E-state index contributed by atoms with van der Waals surface area (Å²) >= 11 is 0. The quantitative estimate of drug-likeness (QED) is 0.200. The van der Waals surface area contributed by atoms with Gasteiger partial charge in [-0.2, -0.15) is 0 Å². The van der Waals surface area contributed by atoms with Gasteiger partial charge < -0.3 is 30.5 Å². The van der Waals surface area contributed by atoms with Crippen LogP contribution in [0.25, 0.3) is 0 Å². The maximum Gasteiger partial charge on any atom is 0.235 e. The fourth-order valence-electron chi connectivity index (χ4n) is 8.90. The summed E-state index contributed by atoms with van der Waals surface area (Å²) in [7, 11) is 0. The number of amides is 1. The van der Waals surface area contributed by atoms with E-state index in [4.69, 9.17) is 4.74 Å². The first-order chi connectivity index (χ1) is 19.7. The van der Waals surface area contributed by atoms with Gasteiger partial charge in [-0.05, 0) is 57.4 Å². The molecular formula is C33H41NO8. The second kappa shape index (κ2) is 9.67. The Morgan fingerprint density at radius 2 is 1.64 bits per heavy atom. The molecule has 2 aliphatic carbocycles. The first-order valence-corrected chi connectivity index (χ1v) is 15.1. The Morgan fingerprint density at radius 3 is 2.31 bits per heavy atom. The van der Waals surface area contributed by atoms with E-state index in [9.17, 15) is 30.0 Å². The standard InChI is InChI=1S/C33H41NO8/c1-12(2)9-18-24-15(5)14(4)11-17-10-13(3)7-8-19(35)26(37)22-23(31(40)33(17,24)32(41)34-18)29-20-16(6)25(36)28(39)27(38)21(20)30(22)42-29/h10-12,15,17-19,22-24,29-30,35-36,38-39H,7-9H2,1-6H3,(H,34,41). The van der Waals surface area contributed by atoms with E-state index in [-0.39, 0.29) is 47.3 Å². The third-order valence-electron chi connectivity index (χ3n) is 10.9. The molecule has 9 nitrogen and oxygen atoms in total. The van der Waals surface area contributed by atoms with Crippen molar-refractivity contribution in [2.24, 2.45) is 40.9 Å². The number of fused-ring (bicyclic) bond motifs is 8. The lowest BCUT2D eigenvalue weighted by Crippen LogP contribution is -2.56. The summed E-state index contributed by atoms with van der Waals surface area (Å²) in [5, 5.41) is 46.2. The van der Waals surface area contributed by atoms with Crippen LogP contribution in [0.1, 0.15) is 82.8 Å². The Labute approximate surface area is 245 Å². The third-order valence-corrected chi connectivity index (χ3v) is 10.9. The van der Waals surface area contributed by atoms with E-state index in [1.165, 1.54) is 0 Å². The Hall–Kier alpha value is -3.17. The first-order valence-electron chi connectivity index (χ1n) is 15.1. The van der Waals surface area contributed by atoms with Crippen molar-refractivity contribution >= 4 is 17.5 Å². The number of ketones is 2. The molecule has 10 unspecified atom stereocenters. The summed E-state index contributed by atoms with van der Waals surface area (Å²) in [4.78, 5) is 43.8. The fourth-order valence-corrected chi connectivity index (χ4v) is 8.90. The van der Waals surface area contributed by atoms with Gasteiger partial charge in [-0.15, -0.1) is 0 Å². The highest BCUT2D eigenvalue weighted by Gasteiger charge is 2.71. The van der Waals surface area contributed by atoms with Crippen LogP contribution in [-0.4, -0.2) is 50.0 Å². The second-order valence-corrected chi connectivity index (χ2v) is 13.7. The zero-order chi connectivity index (χ0) is 30.6. The fraction of sp³-hybridized carbons (Fsp3) is 0.606. The van der Waals surface area contributed by atoms with Gasteiger partial charge in [-0.1, -0.05) is 44.1 Å². The van der Waals surface area contributed by atoms with Crippen molar-refractivity contribution in [2.45, 2.75) is 85.2 Å². The van der Waals surface area contributed by atoms with Crippen LogP contribution in [0, 0.1) is 47.8 Å². The SMILES string of the molecule is CC1=CC2C=C(C)C(C)C3C(CC(C)C)NC(=O)C23C(=O)C2C3OC(c4c(O)c(O)c(O)c(C)c43)C2C(=O)C(O)CC1. The molecule has 2 saturated heterocycles. The molecule has 1 amide bonds. The number of ether oxygens (including phenoxy) is 1. The number of aliphatic hydroxyl groups excluding tert-OH is 1. The number of carbonyl (C=O) groups excluding carboxylic acids is 3. The summed E-state index contributed by atoms with van der Waals surface area (Å²) in [5.74, 6) is -6.25. The molecule has 9 heteroatoms. The third kappa shape index (κ3) is 3.65. The molecule has 0 saturated carbocycles. The normalized spacial score (nSPS) is 39.1. The van der Waals surface area contributed by atoms with Crippen LogP contribution < -0.4 is 5.32 Å². The van der Waals surface area contributed by atoms with Crippen molar-refractivity contribution in [3.05, 3.63) is 40.0 Å². The lowest BCUT2D eigenvalue weighted by molar-refractivity contribution is -0.152. The summed E-state index contributed by atoms with van der Waals surface area (Å²) in [6.45, 7) is 11.7. The van der Waals surface area contributed by atoms with Crippen molar-refractivity contribution < 1.29 is 39.5 Å². The van der Waals surface area contributed by atoms with Gasteiger partial charge >= 0.3 is 0 Å². The summed E-state index contributed by atoms with van der Waals surface area (Å²) in [5.41, 5.74) is 1.21. The molecule has 0 radical (unpaired) electrons. The Morgan fingerprint density at radius 1 is 0.976 bits per heavy atom. The topological polar surface area (TPSA) is 153 Å². The Kier molecular flexibility index (Phi) is 6.66. The number of allylic oxidation sites excluding steroid dienone is 4. The average molecular weight is 580 g/mol. The largest absolute Gasteiger partial charge is 0.504 e. The lowest BCUT2D eigenvalue weighted by Gasteiger charge is -2.47. The van der Waals surface area contributed by atoms with Crippen LogP contribution in [0.3, 0.4) is 0 Å². The zero-order valence-electron chi connectivity index (χ0n) is 25.0. The van der Waals surface area contributed by atoms with Gasteiger partial charge in [0.05, 0.1) is 24.0 Å². The predicted octanol–water partition coefficient (Wildman–Crippen LogP) is 4.07. The van der Waals surface area contributed by atoms with E-state index >= 15 is 4.79 Å². The highest BCUT2D eigenvalue weighted by molar-refractivity contribution is 6.12. The van der Waals surface area contributed by atoms with Crippen LogP contribution in [0.4, 0.5) is 0 Å². The number of nitrogens with one attached hydrogen (secondary N) is 1. The molecule has 226 valence electrons. The minimum Gasteiger partial charge on any atom is -0.504 e.